The molecule has 0 aliphatic carbocycles. The average molecular weight is 269 g/mol. The van der Waals surface area contributed by atoms with Crippen molar-refractivity contribution in [2.75, 3.05) is 4.90 Å². The summed E-state index contributed by atoms with van der Waals surface area (Å²) in [5.41, 5.74) is 4.73. The Morgan fingerprint density at radius 2 is 1.70 bits per heavy atom. The highest BCUT2D eigenvalue weighted by atomic mass is 16.3. The first-order valence-electron chi connectivity index (χ1n) is 7.12. The summed E-state index contributed by atoms with van der Waals surface area (Å²) >= 11 is 0. The molecule has 0 heterocycles. The van der Waals surface area contributed by atoms with Gasteiger partial charge in [-0.25, -0.2) is 0 Å². The van der Waals surface area contributed by atoms with Gasteiger partial charge in [-0.15, -0.1) is 0 Å². The molecular formula is C18H23NO. The van der Waals surface area contributed by atoms with E-state index in [-0.39, 0.29) is 6.61 Å². The maximum absolute atomic E-state index is 9.22. The van der Waals surface area contributed by atoms with Gasteiger partial charge in [-0.1, -0.05) is 42.5 Å². The molecule has 2 aromatic carbocycles. The molecular weight excluding hydrogens is 246 g/mol. The number of aliphatic hydroxyl groups excluding tert-OH is 1. The first-order valence-corrected chi connectivity index (χ1v) is 7.12. The van der Waals surface area contributed by atoms with E-state index >= 15 is 0 Å². The van der Waals surface area contributed by atoms with Crippen molar-refractivity contribution in [3.63, 3.8) is 0 Å². The summed E-state index contributed by atoms with van der Waals surface area (Å²) in [6.45, 7) is 7.53. The zero-order chi connectivity index (χ0) is 14.5. The SMILES string of the molecule is Cc1cc(CO)ccc1N(Cc1ccccc1)C(C)C. The minimum absolute atomic E-state index is 0.0987. The molecule has 1 N–H and O–H groups in total. The van der Waals surface area contributed by atoms with Crippen LogP contribution in [0.15, 0.2) is 48.5 Å². The van der Waals surface area contributed by atoms with E-state index in [1.807, 2.05) is 12.1 Å². The van der Waals surface area contributed by atoms with Gasteiger partial charge < -0.3 is 10.0 Å². The Morgan fingerprint density at radius 3 is 2.25 bits per heavy atom. The van der Waals surface area contributed by atoms with Crippen LogP contribution in [0.3, 0.4) is 0 Å². The molecule has 0 unspecified atom stereocenters. The molecule has 0 radical (unpaired) electrons. The Balaban J connectivity index is 2.29. The molecule has 2 heteroatoms. The lowest BCUT2D eigenvalue weighted by Crippen LogP contribution is -2.30. The number of aliphatic hydroxyl groups is 1. The van der Waals surface area contributed by atoms with Crippen molar-refractivity contribution in [1.29, 1.82) is 0 Å². The average Bonchev–Trinajstić information content (AvgIpc) is 2.46. The van der Waals surface area contributed by atoms with Crippen LogP contribution in [0.25, 0.3) is 0 Å². The van der Waals surface area contributed by atoms with E-state index in [0.29, 0.717) is 6.04 Å². The minimum Gasteiger partial charge on any atom is -0.392 e. The van der Waals surface area contributed by atoms with Gasteiger partial charge in [0.1, 0.15) is 0 Å². The quantitative estimate of drug-likeness (QED) is 0.889. The van der Waals surface area contributed by atoms with Gasteiger partial charge in [-0.2, -0.15) is 0 Å². The summed E-state index contributed by atoms with van der Waals surface area (Å²) in [4.78, 5) is 2.39. The normalized spacial score (nSPS) is 10.8. The van der Waals surface area contributed by atoms with Crippen molar-refractivity contribution in [2.24, 2.45) is 0 Å². The van der Waals surface area contributed by atoms with E-state index in [2.05, 4.69) is 62.1 Å². The minimum atomic E-state index is 0.0987. The van der Waals surface area contributed by atoms with Crippen molar-refractivity contribution >= 4 is 5.69 Å². The molecule has 0 aliphatic rings. The van der Waals surface area contributed by atoms with Gasteiger partial charge in [0.15, 0.2) is 0 Å². The molecule has 0 bridgehead atoms. The maximum atomic E-state index is 9.22. The first-order chi connectivity index (χ1) is 9.61. The molecule has 0 saturated carbocycles. The van der Waals surface area contributed by atoms with Crippen molar-refractivity contribution < 1.29 is 5.11 Å². The van der Waals surface area contributed by atoms with Crippen LogP contribution in [0.4, 0.5) is 5.69 Å². The van der Waals surface area contributed by atoms with E-state index in [4.69, 9.17) is 0 Å². The van der Waals surface area contributed by atoms with Gasteiger partial charge in [0.05, 0.1) is 6.61 Å². The number of aryl methyl sites for hydroxylation is 1. The van der Waals surface area contributed by atoms with Crippen molar-refractivity contribution in [2.45, 2.75) is 40.0 Å². The van der Waals surface area contributed by atoms with E-state index in [1.165, 1.54) is 16.8 Å². The third-order valence-corrected chi connectivity index (χ3v) is 3.57. The highest BCUT2D eigenvalue weighted by Gasteiger charge is 2.13. The lowest BCUT2D eigenvalue weighted by molar-refractivity contribution is 0.282. The largest absolute Gasteiger partial charge is 0.392 e. The lowest BCUT2D eigenvalue weighted by Gasteiger charge is -2.31. The summed E-state index contributed by atoms with van der Waals surface area (Å²) < 4.78 is 0. The molecule has 2 nitrogen and oxygen atoms in total. The molecule has 2 aromatic rings. The number of nitrogens with zero attached hydrogens (tertiary/aromatic N) is 1. The fourth-order valence-corrected chi connectivity index (χ4v) is 2.46. The van der Waals surface area contributed by atoms with E-state index in [1.54, 1.807) is 0 Å². The zero-order valence-corrected chi connectivity index (χ0v) is 12.5. The smallest absolute Gasteiger partial charge is 0.0681 e. The standard InChI is InChI=1S/C18H23NO/c1-14(2)19(12-16-7-5-4-6-8-16)18-10-9-17(13-20)11-15(18)3/h4-11,14,20H,12-13H2,1-3H3. The van der Waals surface area contributed by atoms with Gasteiger partial charge in [0, 0.05) is 18.3 Å². The number of hydrogen-bond donors (Lipinski definition) is 1. The second-order valence-corrected chi connectivity index (χ2v) is 5.49. The fraction of sp³-hybridized carbons (Fsp3) is 0.333. The molecule has 2 rings (SSSR count). The van der Waals surface area contributed by atoms with Crippen LogP contribution in [0.5, 0.6) is 0 Å². The summed E-state index contributed by atoms with van der Waals surface area (Å²) in [7, 11) is 0. The van der Waals surface area contributed by atoms with Crippen LogP contribution >= 0.6 is 0 Å². The van der Waals surface area contributed by atoms with Crippen LogP contribution in [-0.4, -0.2) is 11.1 Å². The third-order valence-electron chi connectivity index (χ3n) is 3.57. The van der Waals surface area contributed by atoms with Gasteiger partial charge in [-0.3, -0.25) is 0 Å². The Kier molecular flexibility index (Phi) is 4.80. The highest BCUT2D eigenvalue weighted by molar-refractivity contribution is 5.55. The third kappa shape index (κ3) is 3.40. The number of hydrogen-bond acceptors (Lipinski definition) is 2. The Bertz CT molecular complexity index is 549. The number of rotatable bonds is 5. The Hall–Kier alpha value is -1.80. The van der Waals surface area contributed by atoms with Crippen LogP contribution in [0, 0.1) is 6.92 Å². The zero-order valence-electron chi connectivity index (χ0n) is 12.5. The van der Waals surface area contributed by atoms with Crippen LogP contribution in [0.1, 0.15) is 30.5 Å². The number of anilines is 1. The molecule has 0 saturated heterocycles. The van der Waals surface area contributed by atoms with E-state index < -0.39 is 0 Å². The van der Waals surface area contributed by atoms with Crippen molar-refractivity contribution in [1.82, 2.24) is 0 Å². The number of benzene rings is 2. The monoisotopic (exact) mass is 269 g/mol. The Morgan fingerprint density at radius 1 is 1.00 bits per heavy atom. The molecule has 0 atom stereocenters. The molecule has 20 heavy (non-hydrogen) atoms. The lowest BCUT2D eigenvalue weighted by atomic mass is 10.1. The molecule has 0 fully saturated rings. The molecule has 0 aliphatic heterocycles. The van der Waals surface area contributed by atoms with Gasteiger partial charge in [0.25, 0.3) is 0 Å². The summed E-state index contributed by atoms with van der Waals surface area (Å²) in [5.74, 6) is 0. The van der Waals surface area contributed by atoms with Crippen LogP contribution in [0.2, 0.25) is 0 Å². The van der Waals surface area contributed by atoms with Crippen molar-refractivity contribution in [3.8, 4) is 0 Å². The topological polar surface area (TPSA) is 23.5 Å². The highest BCUT2D eigenvalue weighted by Crippen LogP contribution is 2.25. The van der Waals surface area contributed by atoms with Gasteiger partial charge >= 0.3 is 0 Å². The van der Waals surface area contributed by atoms with E-state index in [9.17, 15) is 5.11 Å². The van der Waals surface area contributed by atoms with Crippen LogP contribution < -0.4 is 4.90 Å². The van der Waals surface area contributed by atoms with Gasteiger partial charge in [-0.05, 0) is 43.5 Å². The fourth-order valence-electron chi connectivity index (χ4n) is 2.46. The van der Waals surface area contributed by atoms with E-state index in [0.717, 1.165) is 12.1 Å². The second-order valence-electron chi connectivity index (χ2n) is 5.49. The predicted molar refractivity (Wildman–Crippen MR) is 84.9 cm³/mol. The Labute approximate surface area is 121 Å². The molecule has 0 aromatic heterocycles. The molecule has 0 amide bonds. The summed E-state index contributed by atoms with van der Waals surface area (Å²) in [6.07, 6.45) is 0. The predicted octanol–water partition coefficient (Wildman–Crippen LogP) is 3.90. The molecule has 106 valence electrons. The van der Waals surface area contributed by atoms with Crippen molar-refractivity contribution in [3.05, 3.63) is 65.2 Å². The maximum Gasteiger partial charge on any atom is 0.0681 e. The molecule has 0 spiro atoms. The summed E-state index contributed by atoms with van der Waals surface area (Å²) in [5, 5.41) is 9.22. The van der Waals surface area contributed by atoms with Gasteiger partial charge in [0.2, 0.25) is 0 Å². The summed E-state index contributed by atoms with van der Waals surface area (Å²) in [6, 6.07) is 17.1. The first kappa shape index (κ1) is 14.6. The second kappa shape index (κ2) is 6.58. The van der Waals surface area contributed by atoms with Crippen LogP contribution in [-0.2, 0) is 13.2 Å².